The maximum Gasteiger partial charge on any atom is 0.337 e. The van der Waals surface area contributed by atoms with E-state index in [9.17, 15) is 4.79 Å². The molecule has 0 unspecified atom stereocenters. The molecule has 2 aromatic rings. The topological polar surface area (TPSA) is 105 Å². The van der Waals surface area contributed by atoms with E-state index in [-0.39, 0.29) is 5.56 Å². The molecule has 2 heterocycles. The average molecular weight is 236 g/mol. The van der Waals surface area contributed by atoms with E-state index in [1.807, 2.05) is 0 Å². The van der Waals surface area contributed by atoms with Gasteiger partial charge in [0.05, 0.1) is 11.3 Å². The molecule has 2 aromatic heterocycles. The second-order valence-electron chi connectivity index (χ2n) is 2.92. The number of nitrogens with one attached hydrogen (secondary N) is 1. The minimum Gasteiger partial charge on any atom is -0.478 e. The molecule has 7 heteroatoms. The Morgan fingerprint density at radius 1 is 1.50 bits per heavy atom. The molecular formula is C9H8N4O2S. The zero-order valence-electron chi connectivity index (χ0n) is 8.04. The maximum absolute atomic E-state index is 10.7. The molecule has 2 rings (SSSR count). The van der Waals surface area contributed by atoms with Crippen LogP contribution in [0.4, 0.5) is 5.69 Å². The Morgan fingerprint density at radius 3 is 2.88 bits per heavy atom. The van der Waals surface area contributed by atoms with Gasteiger partial charge in [-0.25, -0.2) is 14.8 Å². The minimum atomic E-state index is -1.05. The lowest BCUT2D eigenvalue weighted by atomic mass is 10.3. The Hall–Kier alpha value is -2.02. The number of aromatic amines is 1. The van der Waals surface area contributed by atoms with Gasteiger partial charge in [-0.1, -0.05) is 0 Å². The van der Waals surface area contributed by atoms with Gasteiger partial charge in [0.1, 0.15) is 5.03 Å². The number of anilines is 1. The van der Waals surface area contributed by atoms with Gasteiger partial charge in [0, 0.05) is 18.6 Å². The van der Waals surface area contributed by atoms with Crippen molar-refractivity contribution in [3.63, 3.8) is 0 Å². The summed E-state index contributed by atoms with van der Waals surface area (Å²) < 4.78 is 0. The molecule has 0 saturated carbocycles. The van der Waals surface area contributed by atoms with Gasteiger partial charge in [0.25, 0.3) is 0 Å². The van der Waals surface area contributed by atoms with Crippen LogP contribution in [-0.2, 0) is 0 Å². The zero-order valence-corrected chi connectivity index (χ0v) is 8.86. The summed E-state index contributed by atoms with van der Waals surface area (Å²) in [4.78, 5) is 21.5. The Balaban J connectivity index is 2.26. The van der Waals surface area contributed by atoms with Crippen LogP contribution >= 0.6 is 11.8 Å². The van der Waals surface area contributed by atoms with Crippen molar-refractivity contribution < 1.29 is 9.90 Å². The number of rotatable bonds is 3. The van der Waals surface area contributed by atoms with Gasteiger partial charge < -0.3 is 15.8 Å². The fourth-order valence-corrected chi connectivity index (χ4v) is 1.78. The van der Waals surface area contributed by atoms with Gasteiger partial charge in [-0.3, -0.25) is 0 Å². The first-order valence-electron chi connectivity index (χ1n) is 4.33. The van der Waals surface area contributed by atoms with Crippen molar-refractivity contribution in [1.29, 1.82) is 0 Å². The number of carboxylic acid groups (broad SMARTS) is 1. The molecule has 0 aliphatic heterocycles. The number of nitrogens with two attached hydrogens (primary N) is 1. The van der Waals surface area contributed by atoms with Gasteiger partial charge in [0.2, 0.25) is 0 Å². The third-order valence-electron chi connectivity index (χ3n) is 1.79. The van der Waals surface area contributed by atoms with Gasteiger partial charge in [-0.05, 0) is 17.8 Å². The highest BCUT2D eigenvalue weighted by Crippen LogP contribution is 2.27. The molecule has 0 fully saturated rings. The van der Waals surface area contributed by atoms with E-state index in [1.54, 1.807) is 12.4 Å². The number of imidazole rings is 1. The van der Waals surface area contributed by atoms with Crippen molar-refractivity contribution in [2.24, 2.45) is 0 Å². The van der Waals surface area contributed by atoms with Crippen LogP contribution in [0, 0.1) is 0 Å². The predicted octanol–water partition coefficient (Wildman–Crippen LogP) is 1.24. The van der Waals surface area contributed by atoms with E-state index in [1.165, 1.54) is 24.0 Å². The molecule has 0 bridgehead atoms. The smallest absolute Gasteiger partial charge is 0.337 e. The number of pyridine rings is 1. The fourth-order valence-electron chi connectivity index (χ4n) is 1.07. The van der Waals surface area contributed by atoms with Gasteiger partial charge in [-0.2, -0.15) is 0 Å². The number of H-pyrrole nitrogens is 1. The van der Waals surface area contributed by atoms with Gasteiger partial charge >= 0.3 is 5.97 Å². The van der Waals surface area contributed by atoms with E-state index in [0.717, 1.165) is 0 Å². The number of nitrogens with zero attached hydrogens (tertiary/aromatic N) is 2. The molecule has 0 amide bonds. The molecule has 4 N–H and O–H groups in total. The lowest BCUT2D eigenvalue weighted by Gasteiger charge is -2.02. The monoisotopic (exact) mass is 236 g/mol. The van der Waals surface area contributed by atoms with Crippen LogP contribution in [0.2, 0.25) is 0 Å². The number of hydrogen-bond donors (Lipinski definition) is 3. The third-order valence-corrected chi connectivity index (χ3v) is 2.74. The van der Waals surface area contributed by atoms with E-state index in [4.69, 9.17) is 10.8 Å². The molecule has 0 aliphatic carbocycles. The van der Waals surface area contributed by atoms with Crippen molar-refractivity contribution >= 4 is 23.4 Å². The van der Waals surface area contributed by atoms with Crippen LogP contribution in [0.5, 0.6) is 0 Å². The number of carboxylic acids is 1. The van der Waals surface area contributed by atoms with Crippen LogP contribution in [0.1, 0.15) is 10.4 Å². The largest absolute Gasteiger partial charge is 0.478 e. The zero-order chi connectivity index (χ0) is 11.5. The molecule has 0 saturated heterocycles. The third kappa shape index (κ3) is 2.14. The van der Waals surface area contributed by atoms with E-state index in [2.05, 4.69) is 15.0 Å². The van der Waals surface area contributed by atoms with Crippen LogP contribution in [0.3, 0.4) is 0 Å². The van der Waals surface area contributed by atoms with Crippen molar-refractivity contribution in [1.82, 2.24) is 15.0 Å². The van der Waals surface area contributed by atoms with E-state index >= 15 is 0 Å². The average Bonchev–Trinajstić information content (AvgIpc) is 2.73. The Labute approximate surface area is 94.9 Å². The summed E-state index contributed by atoms with van der Waals surface area (Å²) in [6.45, 7) is 0. The predicted molar refractivity (Wildman–Crippen MR) is 58.3 cm³/mol. The quantitative estimate of drug-likeness (QED) is 0.740. The second kappa shape index (κ2) is 4.23. The van der Waals surface area contributed by atoms with Crippen LogP contribution in [-0.4, -0.2) is 26.0 Å². The maximum atomic E-state index is 10.7. The summed E-state index contributed by atoms with van der Waals surface area (Å²) in [7, 11) is 0. The highest BCUT2D eigenvalue weighted by Gasteiger charge is 2.09. The minimum absolute atomic E-state index is 0.0706. The van der Waals surface area contributed by atoms with Crippen molar-refractivity contribution in [3.8, 4) is 0 Å². The number of hydrogen-bond acceptors (Lipinski definition) is 5. The first kappa shape index (κ1) is 10.5. The van der Waals surface area contributed by atoms with Crippen LogP contribution in [0.15, 0.2) is 34.8 Å². The summed E-state index contributed by atoms with van der Waals surface area (Å²) >= 11 is 1.25. The van der Waals surface area contributed by atoms with Crippen molar-refractivity contribution in [3.05, 3.63) is 30.2 Å². The summed E-state index contributed by atoms with van der Waals surface area (Å²) in [6, 6.07) is 1.38. The number of aromatic carboxylic acids is 1. The van der Waals surface area contributed by atoms with Crippen LogP contribution in [0.25, 0.3) is 0 Å². The number of aromatic nitrogens is 3. The van der Waals surface area contributed by atoms with Gasteiger partial charge in [0.15, 0.2) is 5.16 Å². The Bertz CT molecular complexity index is 512. The highest BCUT2D eigenvalue weighted by molar-refractivity contribution is 7.99. The van der Waals surface area contributed by atoms with Crippen molar-refractivity contribution in [2.45, 2.75) is 10.2 Å². The summed E-state index contributed by atoms with van der Waals surface area (Å²) in [5, 5.41) is 9.92. The first-order valence-corrected chi connectivity index (χ1v) is 5.14. The van der Waals surface area contributed by atoms with Crippen molar-refractivity contribution in [2.75, 3.05) is 5.73 Å². The lowest BCUT2D eigenvalue weighted by molar-refractivity contribution is 0.0696. The molecule has 0 atom stereocenters. The fraction of sp³-hybridized carbons (Fsp3) is 0. The van der Waals surface area contributed by atoms with Gasteiger partial charge in [-0.15, -0.1) is 0 Å². The molecule has 0 radical (unpaired) electrons. The first-order chi connectivity index (χ1) is 7.66. The Morgan fingerprint density at radius 2 is 2.31 bits per heavy atom. The number of carbonyl (C=O) groups is 1. The molecule has 6 nitrogen and oxygen atoms in total. The summed E-state index contributed by atoms with van der Waals surface area (Å²) in [6.07, 6.45) is 4.57. The standard InChI is InChI=1S/C9H8N4O2S/c10-6-3-5(8(14)15)4-13-7(6)16-9-11-1-2-12-9/h1-4H,10H2,(H,11,12)(H,14,15). The molecule has 0 aromatic carbocycles. The molecule has 16 heavy (non-hydrogen) atoms. The van der Waals surface area contributed by atoms with E-state index < -0.39 is 5.97 Å². The molecule has 0 spiro atoms. The summed E-state index contributed by atoms with van der Waals surface area (Å²) in [5.41, 5.74) is 6.08. The van der Waals surface area contributed by atoms with Crippen LogP contribution < -0.4 is 5.73 Å². The lowest BCUT2D eigenvalue weighted by Crippen LogP contribution is -2.01. The second-order valence-corrected chi connectivity index (χ2v) is 3.90. The number of nitrogen functional groups attached to an aromatic ring is 1. The highest BCUT2D eigenvalue weighted by atomic mass is 32.2. The SMILES string of the molecule is Nc1cc(C(=O)O)cnc1Sc1ncc[nH]1. The molecule has 0 aliphatic rings. The summed E-state index contributed by atoms with van der Waals surface area (Å²) in [5.74, 6) is -1.05. The van der Waals surface area contributed by atoms with E-state index in [0.29, 0.717) is 15.9 Å². The molecular weight excluding hydrogens is 228 g/mol. The Kier molecular flexibility index (Phi) is 2.78. The molecule has 82 valence electrons. The normalized spacial score (nSPS) is 10.2.